The second-order valence-corrected chi connectivity index (χ2v) is 9.54. The van der Waals surface area contributed by atoms with Crippen LogP contribution in [0.25, 0.3) is 27.2 Å². The van der Waals surface area contributed by atoms with E-state index in [2.05, 4.69) is 106 Å². The topological polar surface area (TPSA) is 8.81 Å². The van der Waals surface area contributed by atoms with Crippen molar-refractivity contribution in [3.05, 3.63) is 70.9 Å². The number of benzene rings is 2. The molecule has 2 aromatic heterocycles. The van der Waals surface area contributed by atoms with E-state index in [1.807, 2.05) is 11.3 Å². The van der Waals surface area contributed by atoms with Crippen molar-refractivity contribution < 1.29 is 4.57 Å². The Labute approximate surface area is 172 Å². The van der Waals surface area contributed by atoms with Gasteiger partial charge in [0.1, 0.15) is 18.1 Å². The first kappa shape index (κ1) is 18.9. The number of aromatic nitrogens is 2. The molecule has 0 atom stereocenters. The monoisotopic (exact) mass is 389 g/mol. The second-order valence-electron chi connectivity index (χ2n) is 8.28. The normalized spacial score (nSPS) is 11.9. The zero-order valence-corrected chi connectivity index (χ0v) is 18.5. The highest BCUT2D eigenvalue weighted by atomic mass is 32.1. The molecule has 0 saturated heterocycles. The van der Waals surface area contributed by atoms with Gasteiger partial charge >= 0.3 is 0 Å². The molecule has 2 heterocycles. The number of imidazole rings is 1. The predicted octanol–water partition coefficient (Wildman–Crippen LogP) is 6.74. The van der Waals surface area contributed by atoms with Crippen molar-refractivity contribution in [3.8, 4) is 17.1 Å². The van der Waals surface area contributed by atoms with E-state index in [1.165, 1.54) is 43.2 Å². The lowest BCUT2D eigenvalue weighted by atomic mass is 9.90. The summed E-state index contributed by atoms with van der Waals surface area (Å²) in [5.74, 6) is 2.12. The smallest absolute Gasteiger partial charge is 0.232 e. The van der Waals surface area contributed by atoms with Crippen LogP contribution < -0.4 is 4.57 Å². The van der Waals surface area contributed by atoms with Crippen LogP contribution in [0.1, 0.15) is 55.5 Å². The summed E-state index contributed by atoms with van der Waals surface area (Å²) in [6, 6.07) is 15.5. The number of fused-ring (bicyclic) bond motifs is 1. The first-order valence-electron chi connectivity index (χ1n) is 10.1. The molecule has 3 heteroatoms. The summed E-state index contributed by atoms with van der Waals surface area (Å²) >= 11 is 1.92. The van der Waals surface area contributed by atoms with Gasteiger partial charge in [0, 0.05) is 20.7 Å². The molecule has 28 heavy (non-hydrogen) atoms. The van der Waals surface area contributed by atoms with Gasteiger partial charge in [-0.3, -0.25) is 0 Å². The third-order valence-corrected chi connectivity index (χ3v) is 6.54. The van der Waals surface area contributed by atoms with Crippen molar-refractivity contribution in [3.63, 3.8) is 0 Å². The summed E-state index contributed by atoms with van der Waals surface area (Å²) in [5.41, 5.74) is 5.48. The van der Waals surface area contributed by atoms with Gasteiger partial charge in [-0.1, -0.05) is 45.9 Å². The molecule has 2 aromatic carbocycles. The molecule has 0 aliphatic heterocycles. The van der Waals surface area contributed by atoms with Crippen molar-refractivity contribution in [2.45, 2.75) is 46.5 Å². The summed E-state index contributed by atoms with van der Waals surface area (Å²) in [7, 11) is 2.14. The molecule has 2 nitrogen and oxygen atoms in total. The van der Waals surface area contributed by atoms with Crippen LogP contribution in [0.4, 0.5) is 0 Å². The van der Waals surface area contributed by atoms with Gasteiger partial charge in [-0.25, -0.2) is 4.57 Å². The van der Waals surface area contributed by atoms with Crippen LogP contribution >= 0.6 is 11.3 Å². The lowest BCUT2D eigenvalue weighted by Gasteiger charge is -2.19. The second kappa shape index (κ2) is 7.21. The van der Waals surface area contributed by atoms with Crippen molar-refractivity contribution in [2.75, 3.05) is 0 Å². The SMILES string of the molecule is Cc1cc2cc(C(C)C)c(-n3cc[n+](C)c3-c3ccccc3)c(C(C)C)c2s1. The third kappa shape index (κ3) is 3.08. The van der Waals surface area contributed by atoms with Crippen LogP contribution in [0.3, 0.4) is 0 Å². The van der Waals surface area contributed by atoms with Gasteiger partial charge in [0.15, 0.2) is 0 Å². The zero-order chi connectivity index (χ0) is 20.0. The summed E-state index contributed by atoms with van der Waals surface area (Å²) in [5, 5.41) is 1.39. The van der Waals surface area contributed by atoms with Gasteiger partial charge in [0.25, 0.3) is 5.82 Å². The molecule has 144 valence electrons. The van der Waals surface area contributed by atoms with Gasteiger partial charge in [-0.15, -0.1) is 11.3 Å². The Hall–Kier alpha value is -2.39. The summed E-state index contributed by atoms with van der Waals surface area (Å²) in [4.78, 5) is 1.38. The minimum absolute atomic E-state index is 0.450. The number of hydrogen-bond donors (Lipinski definition) is 0. The summed E-state index contributed by atoms with van der Waals surface area (Å²) < 4.78 is 6.07. The molecule has 0 aliphatic carbocycles. The number of thiophene rings is 1. The Morgan fingerprint density at radius 2 is 1.68 bits per heavy atom. The first-order chi connectivity index (χ1) is 13.4. The van der Waals surface area contributed by atoms with E-state index in [0.29, 0.717) is 11.8 Å². The molecule has 0 amide bonds. The Morgan fingerprint density at radius 3 is 2.32 bits per heavy atom. The lowest BCUT2D eigenvalue weighted by Crippen LogP contribution is -2.29. The van der Waals surface area contributed by atoms with E-state index in [1.54, 1.807) is 0 Å². The van der Waals surface area contributed by atoms with Gasteiger partial charge < -0.3 is 0 Å². The number of rotatable bonds is 4. The fourth-order valence-electron chi connectivity index (χ4n) is 4.18. The average molecular weight is 390 g/mol. The number of hydrogen-bond acceptors (Lipinski definition) is 1. The van der Waals surface area contributed by atoms with Crippen molar-refractivity contribution in [2.24, 2.45) is 7.05 Å². The van der Waals surface area contributed by atoms with Gasteiger partial charge in [-0.05, 0) is 48.4 Å². The predicted molar refractivity (Wildman–Crippen MR) is 121 cm³/mol. The molecule has 0 N–H and O–H groups in total. The average Bonchev–Trinajstić information content (AvgIpc) is 3.21. The molecule has 0 radical (unpaired) electrons. The highest BCUT2D eigenvalue weighted by Gasteiger charge is 2.28. The van der Waals surface area contributed by atoms with E-state index < -0.39 is 0 Å². The van der Waals surface area contributed by atoms with Crippen LogP contribution in [-0.4, -0.2) is 4.57 Å². The minimum Gasteiger partial charge on any atom is -0.232 e. The van der Waals surface area contributed by atoms with E-state index in [-0.39, 0.29) is 0 Å². The Balaban J connectivity index is 2.13. The summed E-state index contributed by atoms with van der Waals surface area (Å²) in [6.45, 7) is 11.5. The molecule has 0 bridgehead atoms. The maximum absolute atomic E-state index is 2.42. The highest BCUT2D eigenvalue weighted by molar-refractivity contribution is 7.19. The number of aryl methyl sites for hydroxylation is 2. The molecule has 0 aliphatic rings. The van der Waals surface area contributed by atoms with E-state index in [9.17, 15) is 0 Å². The largest absolute Gasteiger partial charge is 0.293 e. The molecular formula is C25H29N2S+. The number of nitrogens with zero attached hydrogens (tertiary/aromatic N) is 2. The van der Waals surface area contributed by atoms with E-state index in [4.69, 9.17) is 0 Å². The fraction of sp³-hybridized carbons (Fsp3) is 0.320. The molecule has 4 rings (SSSR count). The Kier molecular flexibility index (Phi) is 4.88. The lowest BCUT2D eigenvalue weighted by molar-refractivity contribution is -0.659. The maximum atomic E-state index is 2.42. The minimum atomic E-state index is 0.450. The van der Waals surface area contributed by atoms with Crippen LogP contribution in [0.15, 0.2) is 54.9 Å². The quantitative estimate of drug-likeness (QED) is 0.342. The van der Waals surface area contributed by atoms with Crippen molar-refractivity contribution >= 4 is 21.4 Å². The standard InChI is InChI=1S/C25H29N2S/c1-16(2)21-15-20-14-18(5)28-24(20)22(17(3)4)23(21)27-13-12-26(6)25(27)19-10-8-7-9-11-19/h7-17H,1-6H3/q+1. The van der Waals surface area contributed by atoms with E-state index in [0.717, 1.165) is 0 Å². The Bertz CT molecular complexity index is 1130. The van der Waals surface area contributed by atoms with Gasteiger partial charge in [-0.2, -0.15) is 4.57 Å². The molecule has 0 saturated carbocycles. The summed E-state index contributed by atoms with van der Waals surface area (Å²) in [6.07, 6.45) is 4.39. The van der Waals surface area contributed by atoms with Crippen molar-refractivity contribution in [1.29, 1.82) is 0 Å². The van der Waals surface area contributed by atoms with Crippen LogP contribution in [0, 0.1) is 6.92 Å². The molecule has 0 unspecified atom stereocenters. The fourth-order valence-corrected chi connectivity index (χ4v) is 5.37. The first-order valence-corrected chi connectivity index (χ1v) is 10.9. The zero-order valence-electron chi connectivity index (χ0n) is 17.7. The Morgan fingerprint density at radius 1 is 0.964 bits per heavy atom. The van der Waals surface area contributed by atoms with Crippen LogP contribution in [0.5, 0.6) is 0 Å². The van der Waals surface area contributed by atoms with Crippen LogP contribution in [-0.2, 0) is 7.05 Å². The molecular weight excluding hydrogens is 360 g/mol. The molecule has 0 fully saturated rings. The van der Waals surface area contributed by atoms with Gasteiger partial charge in [0.05, 0.1) is 12.6 Å². The van der Waals surface area contributed by atoms with Gasteiger partial charge in [0.2, 0.25) is 0 Å². The highest BCUT2D eigenvalue weighted by Crippen LogP contribution is 2.41. The van der Waals surface area contributed by atoms with Crippen molar-refractivity contribution in [1.82, 2.24) is 4.57 Å². The van der Waals surface area contributed by atoms with E-state index >= 15 is 0 Å². The maximum Gasteiger partial charge on any atom is 0.293 e. The third-order valence-electron chi connectivity index (χ3n) is 5.44. The van der Waals surface area contributed by atoms with Crippen LogP contribution in [0.2, 0.25) is 0 Å². The molecule has 0 spiro atoms. The molecule has 4 aromatic rings.